The van der Waals surface area contributed by atoms with Crippen LogP contribution in [0.15, 0.2) is 163 Å². The average Bonchev–Trinajstić information content (AvgIpc) is 1.61. The first-order valence-corrected chi connectivity index (χ1v) is 39.5. The monoisotopic (exact) mass is 1640 g/mol. The lowest BCUT2D eigenvalue weighted by Gasteiger charge is -2.13. The molecule has 0 aliphatic carbocycles. The van der Waals surface area contributed by atoms with Crippen LogP contribution in [0.4, 0.5) is 37.0 Å². The summed E-state index contributed by atoms with van der Waals surface area (Å²) in [7, 11) is 7.60. The second-order valence-electron chi connectivity index (χ2n) is 29.2. The second-order valence-corrected chi connectivity index (χ2v) is 29.6. The molecule has 17 aromatic rings. The van der Waals surface area contributed by atoms with Gasteiger partial charge in [0.25, 0.3) is 0 Å². The van der Waals surface area contributed by atoms with E-state index in [4.69, 9.17) is 57.4 Å². The highest BCUT2D eigenvalue weighted by molar-refractivity contribution is 6.33. The molecule has 3 aliphatic rings. The van der Waals surface area contributed by atoms with E-state index < -0.39 is 0 Å². The lowest BCUT2D eigenvalue weighted by molar-refractivity contribution is 0.356. The van der Waals surface area contributed by atoms with Gasteiger partial charge in [0, 0.05) is 197 Å². The fraction of sp³-hybridized carbons (Fsp3) is 0.244. The summed E-state index contributed by atoms with van der Waals surface area (Å²) < 4.78 is 78.7. The van der Waals surface area contributed by atoms with Gasteiger partial charge in [-0.05, 0) is 106 Å². The summed E-state index contributed by atoms with van der Waals surface area (Å²) in [4.78, 5) is 37.3. The summed E-state index contributed by atoms with van der Waals surface area (Å²) in [5.74, 6) is 4.10. The van der Waals surface area contributed by atoms with Crippen LogP contribution in [0.3, 0.4) is 0 Å². The summed E-state index contributed by atoms with van der Waals surface area (Å²) in [6, 6.07) is 30.8. The number of fused-ring (bicyclic) bond motifs is 8. The van der Waals surface area contributed by atoms with Crippen LogP contribution in [-0.2, 0) is 92.8 Å². The van der Waals surface area contributed by atoms with Crippen LogP contribution in [-0.4, -0.2) is 114 Å². The Hall–Kier alpha value is -13.7. The molecule has 5 aromatic carbocycles. The molecule has 0 amide bonds. The Morgan fingerprint density at radius 2 is 0.825 bits per heavy atom. The van der Waals surface area contributed by atoms with Gasteiger partial charge in [-0.25, -0.2) is 53.0 Å². The van der Waals surface area contributed by atoms with E-state index in [-0.39, 0.29) is 30.5 Å². The first kappa shape index (κ1) is 78.8. The van der Waals surface area contributed by atoms with Crippen molar-refractivity contribution in [2.24, 2.45) is 38.3 Å². The zero-order valence-electron chi connectivity index (χ0n) is 66.8. The van der Waals surface area contributed by atoms with E-state index in [9.17, 15) is 13.2 Å². The Morgan fingerprint density at radius 1 is 0.425 bits per heavy atom. The predicted octanol–water partition coefficient (Wildman–Crippen LogP) is 12.9. The fourth-order valence-corrected chi connectivity index (χ4v) is 15.8. The summed E-state index contributed by atoms with van der Waals surface area (Å²) in [5.41, 5.74) is 40.2. The molecular formula is C86H86ClF3N26O4. The minimum Gasteiger partial charge on any atom is -0.493 e. The lowest BCUT2D eigenvalue weighted by Crippen LogP contribution is -2.10. The van der Waals surface area contributed by atoms with Crippen molar-refractivity contribution in [2.45, 2.75) is 92.4 Å². The Labute approximate surface area is 690 Å². The van der Waals surface area contributed by atoms with E-state index in [2.05, 4.69) is 77.9 Å². The van der Waals surface area contributed by atoms with Crippen LogP contribution in [0.1, 0.15) is 78.8 Å². The molecule has 612 valence electrons. The van der Waals surface area contributed by atoms with Crippen molar-refractivity contribution >= 4 is 69.0 Å². The maximum absolute atomic E-state index is 14.5. The number of nitrogens with one attached hydrogen (secondary N) is 5. The van der Waals surface area contributed by atoms with E-state index in [1.165, 1.54) is 29.3 Å². The Kier molecular flexibility index (Phi) is 22.1. The van der Waals surface area contributed by atoms with E-state index in [0.717, 1.165) is 149 Å². The minimum atomic E-state index is -0.303. The quantitative estimate of drug-likeness (QED) is 0.0331. The number of halogens is 4. The van der Waals surface area contributed by atoms with Gasteiger partial charge in [-0.3, -0.25) is 31.6 Å². The second kappa shape index (κ2) is 33.7. The maximum Gasteiger partial charge on any atom is 0.208 e. The standard InChI is InChI=1S/C22H19ClFN5O.C22H24FN7O.C21H20FN7O.C21H23N7O/c23-18-4-2-1-3-14(18)17-11-27-22(29-12-13(9-25)28-21(17)29)26-10-16-15-7-8-30-20(15)6-5-19(16)24;1-13-8-19(29(3)28-13)17-11-26-22(30-12-14(9-24-2)27-21(17)30)25-10-16-15-6-7-31-20(15)5-4-18(16)23;1-12-7-18(28(2)27-12)16-10-25-21(29-11-13(8-23)26-20(16)29)24-9-15-14-5-6-30-19(14)4-3-17(15)22;1-13-8-18(27(2)26-13)17-11-24-21(28-12-15(9-22)25-20(17)28)23-10-14-4-3-5-19-16(14)6-7-29-19/h1-6,11-12H,7-10,25H2,(H,26,27);4-5,8,11-12,24H,6-7,9-10H2,1-3H3,(H,25,26);3-7,10-11H,8-9,23H2,1-2H3,(H,24,25);3-5,8,11-12H,6-7,9-10,22H2,1-2H3,(H,23,24). The van der Waals surface area contributed by atoms with Gasteiger partial charge in [0.2, 0.25) is 23.8 Å². The SMILES string of the molecule is CNCc1cn2c(NCc3c(F)ccc4c3CCO4)ncc(-c3cc(C)nn3C)c2n1.Cc1cc(-c2cnc(NCc3c(F)ccc4occc34)n3cc(CN)nc23)n(C)n1.Cc1cc(-c2cnc(NCc3cccc4c3CCO4)n3cc(CN)nc23)n(C)n1.NCc1cn2c(NCc3c(F)ccc4c3CCO4)ncc(-c3ccccc3Cl)c2n1. The third-order valence-corrected chi connectivity index (χ3v) is 21.6. The fourth-order valence-electron chi connectivity index (χ4n) is 15.6. The van der Waals surface area contributed by atoms with Gasteiger partial charge in [-0.2, -0.15) is 15.3 Å². The van der Waals surface area contributed by atoms with Crippen molar-refractivity contribution < 1.29 is 31.8 Å². The predicted molar refractivity (Wildman–Crippen MR) is 452 cm³/mol. The number of hydrogen-bond donors (Lipinski definition) is 8. The van der Waals surface area contributed by atoms with Crippen LogP contribution in [0.5, 0.6) is 17.2 Å². The lowest BCUT2D eigenvalue weighted by atomic mass is 10.0. The van der Waals surface area contributed by atoms with Gasteiger partial charge in [0.05, 0.1) is 99.7 Å². The third-order valence-electron chi connectivity index (χ3n) is 21.3. The van der Waals surface area contributed by atoms with Crippen LogP contribution in [0, 0.1) is 38.2 Å². The molecule has 0 fully saturated rings. The minimum absolute atomic E-state index is 0.239. The Balaban J connectivity index is 0.000000114. The third kappa shape index (κ3) is 15.6. The van der Waals surface area contributed by atoms with E-state index in [1.54, 1.807) is 53.8 Å². The van der Waals surface area contributed by atoms with Crippen LogP contribution in [0.25, 0.3) is 78.5 Å². The van der Waals surface area contributed by atoms with Crippen LogP contribution < -0.4 is 58.0 Å². The van der Waals surface area contributed by atoms with Gasteiger partial charge < -0.3 is 62.4 Å². The number of nitrogens with zero attached hydrogens (tertiary/aromatic N) is 18. The van der Waals surface area contributed by atoms with Gasteiger partial charge in [-0.1, -0.05) is 41.9 Å². The first-order chi connectivity index (χ1) is 58.4. The van der Waals surface area contributed by atoms with Crippen LogP contribution in [0.2, 0.25) is 5.02 Å². The smallest absolute Gasteiger partial charge is 0.208 e. The van der Waals surface area contributed by atoms with Crippen molar-refractivity contribution in [3.05, 3.63) is 260 Å². The average molecular weight is 1640 g/mol. The van der Waals surface area contributed by atoms with E-state index in [0.29, 0.717) is 122 Å². The molecule has 20 rings (SSSR count). The van der Waals surface area contributed by atoms with Gasteiger partial charge in [0.15, 0.2) is 16.9 Å². The number of aryl methyl sites for hydroxylation is 6. The molecule has 34 heteroatoms. The highest BCUT2D eigenvalue weighted by Crippen LogP contribution is 2.38. The Bertz CT molecular complexity index is 6710. The van der Waals surface area contributed by atoms with Crippen molar-refractivity contribution in [1.29, 1.82) is 0 Å². The summed E-state index contributed by atoms with van der Waals surface area (Å²) in [5, 5.41) is 31.0. The molecule has 0 radical (unpaired) electrons. The van der Waals surface area contributed by atoms with Crippen molar-refractivity contribution in [3.8, 4) is 62.1 Å². The van der Waals surface area contributed by atoms with Crippen LogP contribution >= 0.6 is 11.6 Å². The molecule has 0 saturated carbocycles. The zero-order valence-corrected chi connectivity index (χ0v) is 67.6. The van der Waals surface area contributed by atoms with Gasteiger partial charge in [0.1, 0.15) is 45.9 Å². The van der Waals surface area contributed by atoms with Gasteiger partial charge >= 0.3 is 0 Å². The zero-order chi connectivity index (χ0) is 83.0. The molecule has 3 aliphatic heterocycles. The molecule has 0 atom stereocenters. The number of ether oxygens (including phenoxy) is 3. The summed E-state index contributed by atoms with van der Waals surface area (Å²) >= 11 is 6.39. The number of rotatable bonds is 21. The number of aromatic nitrogens is 18. The van der Waals surface area contributed by atoms with Crippen molar-refractivity contribution in [2.75, 3.05) is 48.1 Å². The molecular weight excluding hydrogens is 1550 g/mol. The molecule has 120 heavy (non-hydrogen) atoms. The maximum atomic E-state index is 14.5. The van der Waals surface area contributed by atoms with Gasteiger partial charge in [-0.15, -0.1) is 0 Å². The Morgan fingerprint density at radius 3 is 1.27 bits per heavy atom. The summed E-state index contributed by atoms with van der Waals surface area (Å²) in [6.45, 7) is 10.9. The van der Waals surface area contributed by atoms with E-state index >= 15 is 0 Å². The number of hydrogen-bond acceptors (Lipinski definition) is 23. The molecule has 0 saturated heterocycles. The molecule has 0 unspecified atom stereocenters. The number of furan rings is 1. The molecule has 11 N–H and O–H groups in total. The number of imidazole rings is 4. The molecule has 12 aromatic heterocycles. The highest BCUT2D eigenvalue weighted by atomic mass is 35.5. The topological polar surface area (TPSA) is 353 Å². The molecule has 30 nitrogen and oxygen atoms in total. The number of benzene rings is 5. The summed E-state index contributed by atoms with van der Waals surface area (Å²) in [6.07, 6.45) is 18.6. The number of nitrogens with two attached hydrogens (primary N) is 3. The highest BCUT2D eigenvalue weighted by Gasteiger charge is 2.26. The molecule has 0 spiro atoms. The number of anilines is 4. The molecule has 15 heterocycles. The largest absolute Gasteiger partial charge is 0.493 e. The molecule has 0 bridgehead atoms. The van der Waals surface area contributed by atoms with Crippen molar-refractivity contribution in [1.82, 2.24) is 92.1 Å². The normalized spacial score (nSPS) is 12.6. The van der Waals surface area contributed by atoms with E-state index in [1.807, 2.05) is 162 Å². The first-order valence-electron chi connectivity index (χ1n) is 39.1. The van der Waals surface area contributed by atoms with Crippen molar-refractivity contribution in [3.63, 3.8) is 0 Å².